The number of nitrogens with one attached hydrogen (secondary N) is 1. The monoisotopic (exact) mass is 541 g/mol. The molecule has 0 bridgehead atoms. The maximum Gasteiger partial charge on any atom is 0.255 e. The second kappa shape index (κ2) is 13.0. The number of amides is 1. The highest BCUT2D eigenvalue weighted by Gasteiger charge is 2.27. The standard InChI is InChI=1S/C27H28ClN3O5S/c1-4-14-36-25-13-10-21(16-26(25)35-3)17-29-30-27(32)19-31(18-22-6-5-7-23(28)15-22)37(33,34)24-11-8-20(2)9-12-24/h4-13,15-17H,1,14,18-19H2,2-3H3,(H,30,32)/b29-17-. The van der Waals surface area contributed by atoms with Gasteiger partial charge in [0.05, 0.1) is 24.8 Å². The Labute approximate surface area is 222 Å². The predicted molar refractivity (Wildman–Crippen MR) is 145 cm³/mol. The van der Waals surface area contributed by atoms with Gasteiger partial charge < -0.3 is 9.47 Å². The Balaban J connectivity index is 1.76. The van der Waals surface area contributed by atoms with Gasteiger partial charge in [0.2, 0.25) is 10.0 Å². The van der Waals surface area contributed by atoms with E-state index in [1.54, 1.807) is 60.7 Å². The van der Waals surface area contributed by atoms with Gasteiger partial charge in [0.15, 0.2) is 11.5 Å². The lowest BCUT2D eigenvalue weighted by atomic mass is 10.2. The molecule has 37 heavy (non-hydrogen) atoms. The molecule has 0 aromatic heterocycles. The fourth-order valence-corrected chi connectivity index (χ4v) is 4.93. The summed E-state index contributed by atoms with van der Waals surface area (Å²) in [6.45, 7) is 5.32. The van der Waals surface area contributed by atoms with Crippen molar-refractivity contribution in [3.05, 3.63) is 101 Å². The molecule has 0 aliphatic rings. The summed E-state index contributed by atoms with van der Waals surface area (Å²) in [7, 11) is -2.47. The minimum absolute atomic E-state index is 0.0444. The summed E-state index contributed by atoms with van der Waals surface area (Å²) in [5.41, 5.74) is 4.60. The van der Waals surface area contributed by atoms with Crippen molar-refractivity contribution in [1.82, 2.24) is 9.73 Å². The van der Waals surface area contributed by atoms with Crippen LogP contribution in [-0.2, 0) is 21.4 Å². The Morgan fingerprint density at radius 1 is 1.11 bits per heavy atom. The number of hydrogen-bond donors (Lipinski definition) is 1. The maximum atomic E-state index is 13.4. The first-order chi connectivity index (χ1) is 17.7. The molecule has 194 valence electrons. The van der Waals surface area contributed by atoms with E-state index in [4.69, 9.17) is 21.1 Å². The number of aryl methyl sites for hydroxylation is 1. The number of sulfonamides is 1. The largest absolute Gasteiger partial charge is 0.493 e. The van der Waals surface area contributed by atoms with E-state index in [9.17, 15) is 13.2 Å². The average molecular weight is 542 g/mol. The molecule has 0 saturated carbocycles. The van der Waals surface area contributed by atoms with Crippen LogP contribution >= 0.6 is 11.6 Å². The molecule has 3 aromatic carbocycles. The summed E-state index contributed by atoms with van der Waals surface area (Å²) in [4.78, 5) is 12.8. The zero-order valence-electron chi connectivity index (χ0n) is 20.6. The normalized spacial score (nSPS) is 11.5. The lowest BCUT2D eigenvalue weighted by Gasteiger charge is -2.21. The van der Waals surface area contributed by atoms with Crippen molar-refractivity contribution in [2.24, 2.45) is 5.10 Å². The SMILES string of the molecule is C=CCOc1ccc(/C=N\NC(=O)CN(Cc2cccc(Cl)c2)S(=O)(=O)c2ccc(C)cc2)cc1OC. The highest BCUT2D eigenvalue weighted by Crippen LogP contribution is 2.27. The number of benzene rings is 3. The average Bonchev–Trinajstić information content (AvgIpc) is 2.87. The van der Waals surface area contributed by atoms with Crippen LogP contribution in [-0.4, -0.2) is 45.1 Å². The first-order valence-electron chi connectivity index (χ1n) is 11.3. The Morgan fingerprint density at radius 3 is 2.54 bits per heavy atom. The number of nitrogens with zero attached hydrogens (tertiary/aromatic N) is 2. The first kappa shape index (κ1) is 27.9. The predicted octanol–water partition coefficient (Wildman–Crippen LogP) is 4.56. The van der Waals surface area contributed by atoms with Crippen LogP contribution in [0.25, 0.3) is 0 Å². The van der Waals surface area contributed by atoms with Crippen LogP contribution in [0.4, 0.5) is 0 Å². The van der Waals surface area contributed by atoms with Crippen molar-refractivity contribution < 1.29 is 22.7 Å². The fraction of sp³-hybridized carbons (Fsp3) is 0.185. The fourth-order valence-electron chi connectivity index (χ4n) is 3.33. The molecule has 8 nitrogen and oxygen atoms in total. The van der Waals surface area contributed by atoms with Crippen LogP contribution in [0.15, 0.2) is 89.4 Å². The van der Waals surface area contributed by atoms with Gasteiger partial charge in [-0.3, -0.25) is 4.79 Å². The van der Waals surface area contributed by atoms with Gasteiger partial charge in [-0.1, -0.05) is 54.1 Å². The van der Waals surface area contributed by atoms with E-state index in [2.05, 4.69) is 17.1 Å². The van der Waals surface area contributed by atoms with Crippen LogP contribution in [0.2, 0.25) is 5.02 Å². The van der Waals surface area contributed by atoms with E-state index >= 15 is 0 Å². The van der Waals surface area contributed by atoms with Gasteiger partial charge in [0.25, 0.3) is 5.91 Å². The third-order valence-corrected chi connectivity index (χ3v) is 7.21. The van der Waals surface area contributed by atoms with E-state index in [0.717, 1.165) is 9.87 Å². The Hall–Kier alpha value is -3.66. The van der Waals surface area contributed by atoms with Crippen molar-refractivity contribution in [3.63, 3.8) is 0 Å². The van der Waals surface area contributed by atoms with Crippen LogP contribution in [0.1, 0.15) is 16.7 Å². The third kappa shape index (κ3) is 7.91. The van der Waals surface area contributed by atoms with Gasteiger partial charge in [-0.2, -0.15) is 9.41 Å². The number of hydrazone groups is 1. The molecule has 0 aliphatic heterocycles. The van der Waals surface area contributed by atoms with Crippen molar-refractivity contribution in [1.29, 1.82) is 0 Å². The molecule has 0 radical (unpaired) electrons. The van der Waals surface area contributed by atoms with Crippen LogP contribution < -0.4 is 14.9 Å². The number of hydrogen-bond acceptors (Lipinski definition) is 6. The quantitative estimate of drug-likeness (QED) is 0.206. The molecule has 0 saturated heterocycles. The molecule has 0 aliphatic carbocycles. The molecule has 1 N–H and O–H groups in total. The molecule has 0 unspecified atom stereocenters. The van der Waals surface area contributed by atoms with Gasteiger partial charge in [-0.25, -0.2) is 13.8 Å². The van der Waals surface area contributed by atoms with Crippen LogP contribution in [0.5, 0.6) is 11.5 Å². The highest BCUT2D eigenvalue weighted by molar-refractivity contribution is 7.89. The summed E-state index contributed by atoms with van der Waals surface area (Å²) in [6.07, 6.45) is 3.05. The van der Waals surface area contributed by atoms with Crippen molar-refractivity contribution in [2.45, 2.75) is 18.4 Å². The molecule has 1 amide bonds. The van der Waals surface area contributed by atoms with E-state index < -0.39 is 22.5 Å². The summed E-state index contributed by atoms with van der Waals surface area (Å²) < 4.78 is 38.7. The molecule has 3 rings (SSSR count). The summed E-state index contributed by atoms with van der Waals surface area (Å²) in [6, 6.07) is 18.4. The zero-order valence-corrected chi connectivity index (χ0v) is 22.1. The van der Waals surface area contributed by atoms with E-state index in [1.807, 2.05) is 6.92 Å². The lowest BCUT2D eigenvalue weighted by Crippen LogP contribution is -2.39. The minimum Gasteiger partial charge on any atom is -0.493 e. The van der Waals surface area contributed by atoms with Gasteiger partial charge in [0, 0.05) is 11.6 Å². The number of carbonyl (C=O) groups excluding carboxylic acids is 1. The number of carbonyl (C=O) groups is 1. The molecule has 0 fully saturated rings. The topological polar surface area (TPSA) is 97.3 Å². The van der Waals surface area contributed by atoms with Gasteiger partial charge in [0.1, 0.15) is 6.61 Å². The highest BCUT2D eigenvalue weighted by atomic mass is 35.5. The Morgan fingerprint density at radius 2 is 1.86 bits per heavy atom. The zero-order chi connectivity index (χ0) is 26.8. The Bertz CT molecular complexity index is 1380. The molecule has 3 aromatic rings. The van der Waals surface area contributed by atoms with Crippen molar-refractivity contribution >= 4 is 33.7 Å². The van der Waals surface area contributed by atoms with Gasteiger partial charge >= 0.3 is 0 Å². The van der Waals surface area contributed by atoms with Crippen LogP contribution in [0, 0.1) is 6.92 Å². The second-order valence-electron chi connectivity index (χ2n) is 8.02. The lowest BCUT2D eigenvalue weighted by molar-refractivity contribution is -0.121. The molecule has 0 atom stereocenters. The van der Waals surface area contributed by atoms with Crippen LogP contribution in [0.3, 0.4) is 0 Å². The molecular formula is C27H28ClN3O5S. The third-order valence-electron chi connectivity index (χ3n) is 5.17. The minimum atomic E-state index is -3.98. The molecule has 0 spiro atoms. The number of methoxy groups -OCH3 is 1. The van der Waals surface area contributed by atoms with E-state index in [0.29, 0.717) is 34.3 Å². The van der Waals surface area contributed by atoms with Gasteiger partial charge in [-0.15, -0.1) is 0 Å². The van der Waals surface area contributed by atoms with Gasteiger partial charge in [-0.05, 0) is 60.5 Å². The number of halogens is 1. The first-order valence-corrected chi connectivity index (χ1v) is 13.1. The summed E-state index contributed by atoms with van der Waals surface area (Å²) >= 11 is 6.08. The molecular weight excluding hydrogens is 514 g/mol. The molecule has 10 heteroatoms. The summed E-state index contributed by atoms with van der Waals surface area (Å²) in [5.74, 6) is 0.433. The second-order valence-corrected chi connectivity index (χ2v) is 10.4. The number of rotatable bonds is 12. The van der Waals surface area contributed by atoms with E-state index in [1.165, 1.54) is 25.5 Å². The van der Waals surface area contributed by atoms with E-state index in [-0.39, 0.29) is 11.4 Å². The number of ether oxygens (including phenoxy) is 2. The van der Waals surface area contributed by atoms with Crippen molar-refractivity contribution in [3.8, 4) is 11.5 Å². The molecule has 0 heterocycles. The smallest absolute Gasteiger partial charge is 0.255 e. The van der Waals surface area contributed by atoms with Crippen molar-refractivity contribution in [2.75, 3.05) is 20.3 Å². The Kier molecular flexibility index (Phi) is 9.85. The maximum absolute atomic E-state index is 13.4. The summed E-state index contributed by atoms with van der Waals surface area (Å²) in [5, 5.41) is 4.44.